The summed E-state index contributed by atoms with van der Waals surface area (Å²) in [4.78, 5) is 23.3. The van der Waals surface area contributed by atoms with Gasteiger partial charge in [-0.05, 0) is 64.7 Å². The van der Waals surface area contributed by atoms with E-state index in [2.05, 4.69) is 15.3 Å². The van der Waals surface area contributed by atoms with Crippen molar-refractivity contribution in [2.24, 2.45) is 0 Å². The van der Waals surface area contributed by atoms with Crippen molar-refractivity contribution in [2.75, 3.05) is 5.32 Å². The molecule has 2 unspecified atom stereocenters. The van der Waals surface area contributed by atoms with Gasteiger partial charge < -0.3 is 19.7 Å². The lowest BCUT2D eigenvalue weighted by molar-refractivity contribution is 0.0207. The van der Waals surface area contributed by atoms with Crippen molar-refractivity contribution in [3.05, 3.63) is 35.1 Å². The second-order valence-corrected chi connectivity index (χ2v) is 12.7. The number of sulfone groups is 1. The van der Waals surface area contributed by atoms with Crippen LogP contribution in [0, 0.1) is 6.92 Å². The number of benzene rings is 1. The third kappa shape index (κ3) is 4.98. The van der Waals surface area contributed by atoms with Gasteiger partial charge in [0.1, 0.15) is 18.2 Å². The molecule has 3 aliphatic rings. The highest BCUT2D eigenvalue weighted by molar-refractivity contribution is 7.92. The first-order valence-corrected chi connectivity index (χ1v) is 14.3. The van der Waals surface area contributed by atoms with Gasteiger partial charge in [0, 0.05) is 24.9 Å². The Morgan fingerprint density at radius 2 is 1.83 bits per heavy atom. The number of anilines is 2. The first kappa shape index (κ1) is 25.1. The third-order valence-electron chi connectivity index (χ3n) is 7.04. The van der Waals surface area contributed by atoms with Gasteiger partial charge in [0.25, 0.3) is 0 Å². The summed E-state index contributed by atoms with van der Waals surface area (Å²) < 4.78 is 36.8. The number of amides is 1. The van der Waals surface area contributed by atoms with Gasteiger partial charge >= 0.3 is 6.09 Å². The Kier molecular flexibility index (Phi) is 6.76. The second kappa shape index (κ2) is 9.70. The van der Waals surface area contributed by atoms with Crippen molar-refractivity contribution in [1.29, 1.82) is 0 Å². The van der Waals surface area contributed by atoms with Gasteiger partial charge in [0.15, 0.2) is 9.84 Å². The zero-order chi connectivity index (χ0) is 25.6. The van der Waals surface area contributed by atoms with E-state index in [0.717, 1.165) is 31.2 Å². The molecule has 1 amide bonds. The summed E-state index contributed by atoms with van der Waals surface area (Å²) in [5, 5.41) is 3.19. The minimum absolute atomic E-state index is 0.0671. The Labute approximate surface area is 216 Å². The number of hydrogen-bond acceptors (Lipinski definition) is 8. The molecule has 9 nitrogen and oxygen atoms in total. The van der Waals surface area contributed by atoms with E-state index < -0.39 is 9.84 Å². The molecule has 1 N–H and O–H groups in total. The average Bonchev–Trinajstić information content (AvgIpc) is 3.63. The lowest BCUT2D eigenvalue weighted by Crippen LogP contribution is -2.50. The number of carbonyl (C=O) groups excluding carboxylic acids is 1. The first-order valence-electron chi connectivity index (χ1n) is 12.4. The molecule has 3 heterocycles. The minimum atomic E-state index is -3.32. The van der Waals surface area contributed by atoms with E-state index in [1.54, 1.807) is 12.1 Å². The number of hydrogen-bond donors (Lipinski definition) is 1. The summed E-state index contributed by atoms with van der Waals surface area (Å²) in [6.45, 7) is 5.58. The van der Waals surface area contributed by atoms with Gasteiger partial charge in [-0.25, -0.2) is 23.2 Å². The predicted molar refractivity (Wildman–Crippen MR) is 136 cm³/mol. The fourth-order valence-electron chi connectivity index (χ4n) is 5.09. The summed E-state index contributed by atoms with van der Waals surface area (Å²) in [7, 11) is -3.32. The molecule has 0 radical (unpaired) electrons. The number of nitrogens with one attached hydrogen (secondary N) is 1. The van der Waals surface area contributed by atoms with Gasteiger partial charge in [-0.3, -0.25) is 0 Å². The summed E-state index contributed by atoms with van der Waals surface area (Å²) >= 11 is 6.42. The smallest absolute Gasteiger partial charge is 0.410 e. The molecule has 11 heteroatoms. The summed E-state index contributed by atoms with van der Waals surface area (Å²) in [6, 6.07) is 4.92. The molecule has 2 aromatic rings. The lowest BCUT2D eigenvalue weighted by Gasteiger charge is -2.38. The van der Waals surface area contributed by atoms with Crippen molar-refractivity contribution in [2.45, 2.75) is 93.7 Å². The van der Waals surface area contributed by atoms with Crippen LogP contribution in [0.4, 0.5) is 16.3 Å². The largest absolute Gasteiger partial charge is 0.474 e. The molecule has 194 valence electrons. The van der Waals surface area contributed by atoms with Gasteiger partial charge in [-0.15, -0.1) is 0 Å². The molecule has 2 saturated heterocycles. The van der Waals surface area contributed by atoms with E-state index in [-0.39, 0.29) is 40.5 Å². The van der Waals surface area contributed by atoms with Crippen LogP contribution in [0.15, 0.2) is 29.4 Å². The Morgan fingerprint density at radius 3 is 2.44 bits per heavy atom. The number of fused-ring (bicyclic) bond motifs is 2. The van der Waals surface area contributed by atoms with Crippen LogP contribution in [0.1, 0.15) is 57.9 Å². The van der Waals surface area contributed by atoms with Crippen LogP contribution in [-0.2, 0) is 14.6 Å². The number of nitrogens with zero attached hydrogens (tertiary/aromatic N) is 3. The third-order valence-corrected chi connectivity index (χ3v) is 9.61. The standard InChI is InChI=1S/C25H31ClN4O5S/c1-14(2)34-25(31)30-16-4-5-17(30)11-18(10-16)35-24-15(3)23(27-13-28-24)29-22-9-8-20(12-21(22)26)36(32,33)19-6-7-19/h8-9,12-14,16-19H,4-7,10-11H2,1-3H3,(H,27,28,29)/t16-,17?,18?/m0/s1. The van der Waals surface area contributed by atoms with E-state index in [9.17, 15) is 13.2 Å². The number of piperidine rings is 1. The van der Waals surface area contributed by atoms with Gasteiger partial charge in [-0.1, -0.05) is 11.6 Å². The first-order chi connectivity index (χ1) is 17.1. The number of aromatic nitrogens is 2. The van der Waals surface area contributed by atoms with Crippen LogP contribution < -0.4 is 10.1 Å². The van der Waals surface area contributed by atoms with Crippen LogP contribution >= 0.6 is 11.6 Å². The summed E-state index contributed by atoms with van der Waals surface area (Å²) in [5.74, 6) is 1.000. The maximum absolute atomic E-state index is 12.5. The molecule has 2 aliphatic heterocycles. The molecule has 2 bridgehead atoms. The summed E-state index contributed by atoms with van der Waals surface area (Å²) in [5.41, 5.74) is 1.27. The fourth-order valence-corrected chi connectivity index (χ4v) is 7.07. The molecule has 3 fully saturated rings. The van der Waals surface area contributed by atoms with E-state index >= 15 is 0 Å². The molecule has 36 heavy (non-hydrogen) atoms. The number of rotatable bonds is 7. The van der Waals surface area contributed by atoms with E-state index in [1.165, 1.54) is 12.4 Å². The topological polar surface area (TPSA) is 111 Å². The van der Waals surface area contributed by atoms with Crippen LogP contribution in [0.2, 0.25) is 5.02 Å². The van der Waals surface area contributed by atoms with Gasteiger partial charge in [-0.2, -0.15) is 0 Å². The molecule has 1 aromatic heterocycles. The quantitative estimate of drug-likeness (QED) is 0.526. The molecular weight excluding hydrogens is 504 g/mol. The minimum Gasteiger partial charge on any atom is -0.474 e. The van der Waals surface area contributed by atoms with Gasteiger partial charge in [0.2, 0.25) is 5.88 Å². The van der Waals surface area contributed by atoms with Gasteiger partial charge in [0.05, 0.1) is 32.5 Å². The highest BCUT2D eigenvalue weighted by Gasteiger charge is 2.45. The maximum atomic E-state index is 12.5. The number of ether oxygens (including phenoxy) is 2. The van der Waals surface area contributed by atoms with Crippen LogP contribution in [0.5, 0.6) is 5.88 Å². The van der Waals surface area contributed by atoms with Crippen molar-refractivity contribution in [3.8, 4) is 5.88 Å². The molecule has 1 saturated carbocycles. The molecule has 1 aliphatic carbocycles. The molecular formula is C25H31ClN4O5S. The molecule has 5 rings (SSSR count). The van der Waals surface area contributed by atoms with Crippen LogP contribution in [0.3, 0.4) is 0 Å². The Bertz CT molecular complexity index is 1250. The van der Waals surface area contributed by atoms with Crippen molar-refractivity contribution in [3.63, 3.8) is 0 Å². The Balaban J connectivity index is 1.27. The van der Waals surface area contributed by atoms with E-state index in [0.29, 0.717) is 35.2 Å². The lowest BCUT2D eigenvalue weighted by atomic mass is 10.0. The highest BCUT2D eigenvalue weighted by Crippen LogP contribution is 2.39. The average molecular weight is 535 g/mol. The monoisotopic (exact) mass is 534 g/mol. The molecule has 3 atom stereocenters. The van der Waals surface area contributed by atoms with Crippen LogP contribution in [0.25, 0.3) is 0 Å². The number of carbonyl (C=O) groups is 1. The normalized spacial score (nSPS) is 23.6. The Hall–Kier alpha value is -2.59. The highest BCUT2D eigenvalue weighted by atomic mass is 35.5. The number of halogens is 1. The SMILES string of the molecule is Cc1c(Nc2ccc(S(=O)(=O)C3CC3)cc2Cl)ncnc1OC1CC2CC[C@@H](C1)N2C(=O)OC(C)C. The van der Waals surface area contributed by atoms with Crippen molar-refractivity contribution < 1.29 is 22.7 Å². The Morgan fingerprint density at radius 1 is 1.14 bits per heavy atom. The van der Waals surface area contributed by atoms with Crippen LogP contribution in [-0.4, -0.2) is 58.9 Å². The van der Waals surface area contributed by atoms with Crippen molar-refractivity contribution in [1.82, 2.24) is 14.9 Å². The fraction of sp³-hybridized carbons (Fsp3) is 0.560. The molecule has 1 aromatic carbocycles. The summed E-state index contributed by atoms with van der Waals surface area (Å²) in [6.07, 6.45) is 5.70. The molecule has 0 spiro atoms. The van der Waals surface area contributed by atoms with Crippen molar-refractivity contribution >= 4 is 39.0 Å². The zero-order valence-electron chi connectivity index (χ0n) is 20.6. The predicted octanol–water partition coefficient (Wildman–Crippen LogP) is 5.04. The second-order valence-electron chi connectivity index (χ2n) is 10.1. The van der Waals surface area contributed by atoms with E-state index in [1.807, 2.05) is 25.7 Å². The van der Waals surface area contributed by atoms with E-state index in [4.69, 9.17) is 21.1 Å². The zero-order valence-corrected chi connectivity index (χ0v) is 22.2. The maximum Gasteiger partial charge on any atom is 0.410 e.